The number of aromatic amines is 1. The molecule has 3 heteroatoms. The van der Waals surface area contributed by atoms with Gasteiger partial charge in [0.1, 0.15) is 5.82 Å². The summed E-state index contributed by atoms with van der Waals surface area (Å²) in [6.45, 7) is 4.18. The predicted octanol–water partition coefficient (Wildman–Crippen LogP) is 5.85. The maximum Gasteiger partial charge on any atom is 0.138 e. The SMILES string of the molecule is CC1=Nc2ccc(-c3ccc4nc(-c5ccc(C)cc5)[nH]c4c3)cc2C1. The molecular formula is C23H19N3. The summed E-state index contributed by atoms with van der Waals surface area (Å²) in [7, 11) is 0. The highest BCUT2D eigenvalue weighted by atomic mass is 14.9. The Balaban J connectivity index is 1.54. The van der Waals surface area contributed by atoms with E-state index in [1.165, 1.54) is 28.0 Å². The van der Waals surface area contributed by atoms with Crippen molar-refractivity contribution in [2.24, 2.45) is 4.99 Å². The first kappa shape index (κ1) is 15.1. The topological polar surface area (TPSA) is 41.0 Å². The molecule has 1 N–H and O–H groups in total. The molecule has 5 rings (SSSR count). The fourth-order valence-electron chi connectivity index (χ4n) is 3.57. The Kier molecular flexibility index (Phi) is 3.29. The molecule has 0 amide bonds. The van der Waals surface area contributed by atoms with Gasteiger partial charge in [0.25, 0.3) is 0 Å². The van der Waals surface area contributed by atoms with Crippen molar-refractivity contribution in [3.8, 4) is 22.5 Å². The molecule has 4 aromatic rings. The van der Waals surface area contributed by atoms with Gasteiger partial charge >= 0.3 is 0 Å². The molecule has 0 atom stereocenters. The number of H-pyrrole nitrogens is 1. The maximum absolute atomic E-state index is 4.74. The monoisotopic (exact) mass is 337 g/mol. The molecule has 0 unspecified atom stereocenters. The van der Waals surface area contributed by atoms with Gasteiger partial charge in [0.05, 0.1) is 16.7 Å². The molecule has 1 aromatic heterocycles. The van der Waals surface area contributed by atoms with Crippen LogP contribution in [-0.4, -0.2) is 15.7 Å². The van der Waals surface area contributed by atoms with Gasteiger partial charge in [0.2, 0.25) is 0 Å². The average molecular weight is 337 g/mol. The summed E-state index contributed by atoms with van der Waals surface area (Å²) in [5.74, 6) is 0.912. The van der Waals surface area contributed by atoms with Gasteiger partial charge in [-0.1, -0.05) is 42.0 Å². The summed E-state index contributed by atoms with van der Waals surface area (Å²) < 4.78 is 0. The van der Waals surface area contributed by atoms with Crippen LogP contribution in [0.1, 0.15) is 18.1 Å². The first-order valence-corrected chi connectivity index (χ1v) is 8.90. The third-order valence-corrected chi connectivity index (χ3v) is 4.98. The van der Waals surface area contributed by atoms with Gasteiger partial charge in [-0.05, 0) is 54.8 Å². The van der Waals surface area contributed by atoms with Crippen molar-refractivity contribution in [2.45, 2.75) is 20.3 Å². The van der Waals surface area contributed by atoms with E-state index in [4.69, 9.17) is 4.98 Å². The van der Waals surface area contributed by atoms with Crippen LogP contribution in [0, 0.1) is 6.92 Å². The Morgan fingerprint density at radius 2 is 1.54 bits per heavy atom. The Bertz CT molecular complexity index is 1160. The van der Waals surface area contributed by atoms with Crippen molar-refractivity contribution >= 4 is 22.4 Å². The van der Waals surface area contributed by atoms with E-state index in [1.54, 1.807) is 0 Å². The van der Waals surface area contributed by atoms with Crippen LogP contribution < -0.4 is 0 Å². The summed E-state index contributed by atoms with van der Waals surface area (Å²) in [6.07, 6.45) is 0.951. The molecule has 0 bridgehead atoms. The Hall–Kier alpha value is -3.20. The zero-order valence-corrected chi connectivity index (χ0v) is 14.9. The number of imidazole rings is 1. The first-order chi connectivity index (χ1) is 12.7. The van der Waals surface area contributed by atoms with Crippen LogP contribution in [0.4, 0.5) is 5.69 Å². The van der Waals surface area contributed by atoms with Crippen LogP contribution in [0.25, 0.3) is 33.5 Å². The fraction of sp³-hybridized carbons (Fsp3) is 0.130. The van der Waals surface area contributed by atoms with Crippen molar-refractivity contribution in [2.75, 3.05) is 0 Å². The molecule has 2 heterocycles. The number of fused-ring (bicyclic) bond motifs is 2. The highest BCUT2D eigenvalue weighted by Gasteiger charge is 2.13. The number of aryl methyl sites for hydroxylation is 1. The fourth-order valence-corrected chi connectivity index (χ4v) is 3.57. The van der Waals surface area contributed by atoms with E-state index >= 15 is 0 Å². The lowest BCUT2D eigenvalue weighted by Crippen LogP contribution is -1.89. The van der Waals surface area contributed by atoms with E-state index < -0.39 is 0 Å². The third kappa shape index (κ3) is 2.53. The first-order valence-electron chi connectivity index (χ1n) is 8.90. The van der Waals surface area contributed by atoms with Gasteiger partial charge in [0.15, 0.2) is 0 Å². The van der Waals surface area contributed by atoms with Crippen molar-refractivity contribution in [1.82, 2.24) is 9.97 Å². The lowest BCUT2D eigenvalue weighted by molar-refractivity contribution is 1.33. The minimum atomic E-state index is 0.912. The van der Waals surface area contributed by atoms with Crippen LogP contribution >= 0.6 is 0 Å². The number of nitrogens with one attached hydrogen (secondary N) is 1. The zero-order valence-electron chi connectivity index (χ0n) is 14.9. The molecule has 1 aliphatic heterocycles. The standard InChI is InChI=1S/C23H19N3/c1-14-3-5-16(6-4-14)23-25-21-10-8-18(13-22(21)26-23)17-7-9-20-19(12-17)11-15(2)24-20/h3-10,12-13H,11H2,1-2H3,(H,25,26). The van der Waals surface area contributed by atoms with Gasteiger partial charge in [-0.25, -0.2) is 4.98 Å². The molecule has 0 spiro atoms. The number of hydrogen-bond donors (Lipinski definition) is 1. The molecule has 0 aliphatic carbocycles. The molecule has 26 heavy (non-hydrogen) atoms. The smallest absolute Gasteiger partial charge is 0.138 e. The molecule has 0 saturated heterocycles. The van der Waals surface area contributed by atoms with Gasteiger partial charge in [0, 0.05) is 17.7 Å². The van der Waals surface area contributed by atoms with Crippen LogP contribution in [0.15, 0.2) is 65.7 Å². The Morgan fingerprint density at radius 3 is 2.38 bits per heavy atom. The predicted molar refractivity (Wildman–Crippen MR) is 108 cm³/mol. The Morgan fingerprint density at radius 1 is 0.808 bits per heavy atom. The molecule has 0 radical (unpaired) electrons. The van der Waals surface area contributed by atoms with Crippen molar-refractivity contribution < 1.29 is 0 Å². The molecule has 0 saturated carbocycles. The van der Waals surface area contributed by atoms with E-state index in [9.17, 15) is 0 Å². The number of aromatic nitrogens is 2. The number of aliphatic imine (C=N–C) groups is 1. The van der Waals surface area contributed by atoms with Crippen LogP contribution in [-0.2, 0) is 6.42 Å². The quantitative estimate of drug-likeness (QED) is 0.489. The molecular weight excluding hydrogens is 318 g/mol. The van der Waals surface area contributed by atoms with Gasteiger partial charge in [-0.3, -0.25) is 4.99 Å². The maximum atomic E-state index is 4.74. The molecule has 126 valence electrons. The molecule has 3 aromatic carbocycles. The van der Waals surface area contributed by atoms with Crippen molar-refractivity contribution in [1.29, 1.82) is 0 Å². The van der Waals surface area contributed by atoms with E-state index in [0.717, 1.165) is 34.5 Å². The van der Waals surface area contributed by atoms with Crippen LogP contribution in [0.5, 0.6) is 0 Å². The highest BCUT2D eigenvalue weighted by Crippen LogP contribution is 2.32. The minimum absolute atomic E-state index is 0.912. The summed E-state index contributed by atoms with van der Waals surface area (Å²) >= 11 is 0. The van der Waals surface area contributed by atoms with Crippen molar-refractivity contribution in [3.63, 3.8) is 0 Å². The van der Waals surface area contributed by atoms with Crippen LogP contribution in [0.2, 0.25) is 0 Å². The number of rotatable bonds is 2. The second kappa shape index (κ2) is 5.67. The number of hydrogen-bond acceptors (Lipinski definition) is 2. The average Bonchev–Trinajstić information content (AvgIpc) is 3.23. The molecule has 1 aliphatic rings. The lowest BCUT2D eigenvalue weighted by atomic mass is 10.0. The normalized spacial score (nSPS) is 13.1. The minimum Gasteiger partial charge on any atom is -0.338 e. The van der Waals surface area contributed by atoms with Gasteiger partial charge in [-0.15, -0.1) is 0 Å². The second-order valence-corrected chi connectivity index (χ2v) is 7.05. The van der Waals surface area contributed by atoms with Crippen LogP contribution in [0.3, 0.4) is 0 Å². The van der Waals surface area contributed by atoms with E-state index in [-0.39, 0.29) is 0 Å². The van der Waals surface area contributed by atoms with Gasteiger partial charge < -0.3 is 4.98 Å². The highest BCUT2D eigenvalue weighted by molar-refractivity contribution is 5.93. The number of benzene rings is 3. The van der Waals surface area contributed by atoms with E-state index in [1.807, 2.05) is 0 Å². The van der Waals surface area contributed by atoms with E-state index in [0.29, 0.717) is 0 Å². The molecule has 3 nitrogen and oxygen atoms in total. The summed E-state index contributed by atoms with van der Waals surface area (Å²) in [4.78, 5) is 12.8. The second-order valence-electron chi connectivity index (χ2n) is 7.05. The summed E-state index contributed by atoms with van der Waals surface area (Å²) in [6, 6.07) is 21.4. The zero-order chi connectivity index (χ0) is 17.7. The largest absolute Gasteiger partial charge is 0.338 e. The molecule has 0 fully saturated rings. The van der Waals surface area contributed by atoms with Crippen molar-refractivity contribution in [3.05, 3.63) is 71.8 Å². The Labute approximate surface area is 152 Å². The number of nitrogens with zero attached hydrogens (tertiary/aromatic N) is 2. The summed E-state index contributed by atoms with van der Waals surface area (Å²) in [5.41, 5.74) is 10.4. The van der Waals surface area contributed by atoms with E-state index in [2.05, 4.69) is 84.5 Å². The third-order valence-electron chi connectivity index (χ3n) is 4.98. The van der Waals surface area contributed by atoms with Gasteiger partial charge in [-0.2, -0.15) is 0 Å². The summed E-state index contributed by atoms with van der Waals surface area (Å²) in [5, 5.41) is 0. The lowest BCUT2D eigenvalue weighted by Gasteiger charge is -2.04.